The lowest BCUT2D eigenvalue weighted by Crippen LogP contribution is -2.46. The average Bonchev–Trinajstić information content (AvgIpc) is 2.75. The fourth-order valence-electron chi connectivity index (χ4n) is 3.24. The molecule has 2 amide bonds. The van der Waals surface area contributed by atoms with E-state index in [2.05, 4.69) is 27.5 Å². The molecule has 0 bridgehead atoms. The topological polar surface area (TPSA) is 83.1 Å². The molecule has 0 spiro atoms. The smallest absolute Gasteiger partial charge is 0.323 e. The molecule has 0 aromatic heterocycles. The van der Waals surface area contributed by atoms with Crippen LogP contribution in [0.5, 0.6) is 11.5 Å². The Balaban J connectivity index is 1.56. The van der Waals surface area contributed by atoms with Gasteiger partial charge in [-0.2, -0.15) is 0 Å². The highest BCUT2D eigenvalue weighted by atomic mass is 16.5. The van der Waals surface area contributed by atoms with Crippen molar-refractivity contribution >= 4 is 23.2 Å². The van der Waals surface area contributed by atoms with Crippen molar-refractivity contribution in [2.24, 2.45) is 0 Å². The van der Waals surface area contributed by atoms with Gasteiger partial charge >= 0.3 is 6.03 Å². The predicted molar refractivity (Wildman–Crippen MR) is 117 cm³/mol. The lowest BCUT2D eigenvalue weighted by atomic mass is 10.1. The maximum absolute atomic E-state index is 12.5. The predicted octanol–water partition coefficient (Wildman–Crippen LogP) is 2.78. The number of nitrogens with one attached hydrogen (secondary N) is 2. The molecule has 160 valence electrons. The second kappa shape index (κ2) is 10.1. The minimum atomic E-state index is -0.418. The van der Waals surface area contributed by atoms with Crippen LogP contribution in [0, 0.1) is 0 Å². The van der Waals surface area contributed by atoms with Crippen molar-refractivity contribution in [1.29, 1.82) is 0 Å². The number of urea groups is 1. The number of benzene rings is 2. The van der Waals surface area contributed by atoms with Crippen LogP contribution in [0.2, 0.25) is 0 Å². The summed E-state index contributed by atoms with van der Waals surface area (Å²) in [5.41, 5.74) is 1.72. The number of hydrogen-bond acceptors (Lipinski definition) is 6. The van der Waals surface area contributed by atoms with Crippen molar-refractivity contribution < 1.29 is 19.1 Å². The molecule has 1 fully saturated rings. The van der Waals surface area contributed by atoms with Gasteiger partial charge in [0.15, 0.2) is 5.78 Å². The van der Waals surface area contributed by atoms with E-state index < -0.39 is 6.03 Å². The van der Waals surface area contributed by atoms with E-state index in [1.807, 2.05) is 0 Å². The summed E-state index contributed by atoms with van der Waals surface area (Å²) < 4.78 is 10.4. The minimum absolute atomic E-state index is 0.0803. The molecule has 2 aromatic rings. The summed E-state index contributed by atoms with van der Waals surface area (Å²) in [5, 5.41) is 5.51. The second-order valence-corrected chi connectivity index (χ2v) is 7.23. The van der Waals surface area contributed by atoms with Gasteiger partial charge in [0, 0.05) is 43.5 Å². The quantitative estimate of drug-likeness (QED) is 0.681. The Bertz CT molecular complexity index is 877. The summed E-state index contributed by atoms with van der Waals surface area (Å²) >= 11 is 0. The van der Waals surface area contributed by atoms with Gasteiger partial charge in [-0.05, 0) is 43.4 Å². The molecule has 8 nitrogen and oxygen atoms in total. The van der Waals surface area contributed by atoms with Crippen LogP contribution in [-0.4, -0.2) is 75.6 Å². The number of Topliss-reactive ketones (excluding diaryl/α,β-unsaturated/α-hetero) is 1. The molecule has 0 atom stereocenters. The third-order valence-corrected chi connectivity index (χ3v) is 5.08. The maximum atomic E-state index is 12.5. The van der Waals surface area contributed by atoms with Crippen molar-refractivity contribution in [1.82, 2.24) is 9.80 Å². The van der Waals surface area contributed by atoms with E-state index in [4.69, 9.17) is 9.47 Å². The summed E-state index contributed by atoms with van der Waals surface area (Å²) in [5.74, 6) is 1.21. The molecular weight excluding hydrogens is 384 g/mol. The normalized spacial score (nSPS) is 14.8. The number of ketones is 1. The zero-order valence-corrected chi connectivity index (χ0v) is 17.6. The monoisotopic (exact) mass is 412 g/mol. The van der Waals surface area contributed by atoms with Gasteiger partial charge in [0.1, 0.15) is 11.5 Å². The number of ether oxygens (including phenoxy) is 2. The summed E-state index contributed by atoms with van der Waals surface area (Å²) in [6, 6.07) is 11.6. The van der Waals surface area contributed by atoms with Crippen molar-refractivity contribution in [2.45, 2.75) is 0 Å². The molecule has 1 aliphatic rings. The van der Waals surface area contributed by atoms with Crippen LogP contribution in [-0.2, 0) is 0 Å². The van der Waals surface area contributed by atoms with E-state index in [9.17, 15) is 9.59 Å². The van der Waals surface area contributed by atoms with Gasteiger partial charge in [0.05, 0.1) is 26.5 Å². The van der Waals surface area contributed by atoms with E-state index in [0.29, 0.717) is 35.0 Å². The number of carbonyl (C=O) groups is 2. The zero-order chi connectivity index (χ0) is 21.5. The van der Waals surface area contributed by atoms with E-state index in [1.165, 1.54) is 7.11 Å². The van der Waals surface area contributed by atoms with Crippen LogP contribution in [0.15, 0.2) is 42.5 Å². The summed E-state index contributed by atoms with van der Waals surface area (Å²) in [6.45, 7) is 4.16. The van der Waals surface area contributed by atoms with Crippen LogP contribution in [0.1, 0.15) is 10.4 Å². The van der Waals surface area contributed by atoms with Gasteiger partial charge in [-0.1, -0.05) is 0 Å². The Hall–Kier alpha value is -3.10. The van der Waals surface area contributed by atoms with Crippen molar-refractivity contribution in [3.63, 3.8) is 0 Å². The number of amides is 2. The van der Waals surface area contributed by atoms with Gasteiger partial charge in [-0.3, -0.25) is 9.69 Å². The fourth-order valence-corrected chi connectivity index (χ4v) is 3.24. The standard InChI is InChI=1S/C22H28N4O4/c1-25-10-12-26(13-11-25)15-20(27)16-4-6-17(7-5-16)23-22(28)24-19-14-18(29-2)8-9-21(19)30-3/h4-9,14H,10-13,15H2,1-3H3,(H2,23,24,28). The first-order valence-corrected chi connectivity index (χ1v) is 9.82. The molecule has 2 N–H and O–H groups in total. The van der Waals surface area contributed by atoms with Crippen LogP contribution in [0.4, 0.5) is 16.2 Å². The highest BCUT2D eigenvalue weighted by Crippen LogP contribution is 2.29. The zero-order valence-electron chi connectivity index (χ0n) is 17.6. The number of carbonyl (C=O) groups excluding carboxylic acids is 2. The number of methoxy groups -OCH3 is 2. The Morgan fingerprint density at radius 3 is 2.27 bits per heavy atom. The molecule has 0 aliphatic carbocycles. The van der Waals surface area contributed by atoms with Gasteiger partial charge < -0.3 is 25.0 Å². The number of rotatable bonds is 7. The highest BCUT2D eigenvalue weighted by Gasteiger charge is 2.17. The first kappa shape index (κ1) is 21.6. The molecule has 0 radical (unpaired) electrons. The molecule has 0 saturated carbocycles. The molecule has 8 heteroatoms. The third-order valence-electron chi connectivity index (χ3n) is 5.08. The SMILES string of the molecule is COc1ccc(OC)c(NC(=O)Nc2ccc(C(=O)CN3CCN(C)CC3)cc2)c1. The lowest BCUT2D eigenvalue weighted by molar-refractivity contribution is 0.0876. The Labute approximate surface area is 176 Å². The average molecular weight is 412 g/mol. The number of nitrogens with zero attached hydrogens (tertiary/aromatic N) is 2. The van der Waals surface area contributed by atoms with Gasteiger partial charge in [-0.25, -0.2) is 4.79 Å². The first-order chi connectivity index (χ1) is 14.5. The van der Waals surface area contributed by atoms with Crippen LogP contribution < -0.4 is 20.1 Å². The number of anilines is 2. The van der Waals surface area contributed by atoms with Gasteiger partial charge in [0.2, 0.25) is 0 Å². The van der Waals surface area contributed by atoms with E-state index in [-0.39, 0.29) is 5.78 Å². The maximum Gasteiger partial charge on any atom is 0.323 e. The summed E-state index contributed by atoms with van der Waals surface area (Å²) in [7, 11) is 5.17. The Kier molecular flexibility index (Phi) is 7.26. The molecule has 30 heavy (non-hydrogen) atoms. The molecule has 3 rings (SSSR count). The first-order valence-electron chi connectivity index (χ1n) is 9.82. The molecule has 2 aromatic carbocycles. The summed E-state index contributed by atoms with van der Waals surface area (Å²) in [6.07, 6.45) is 0. The van der Waals surface area contributed by atoms with Gasteiger partial charge in [-0.15, -0.1) is 0 Å². The van der Waals surface area contributed by atoms with Crippen LogP contribution >= 0.6 is 0 Å². The number of hydrogen-bond donors (Lipinski definition) is 2. The van der Waals surface area contributed by atoms with Gasteiger partial charge in [0.25, 0.3) is 0 Å². The van der Waals surface area contributed by atoms with E-state index >= 15 is 0 Å². The number of piperazine rings is 1. The molecule has 1 saturated heterocycles. The Morgan fingerprint density at radius 2 is 1.63 bits per heavy atom. The number of likely N-dealkylation sites (N-methyl/N-ethyl adjacent to an activating group) is 1. The van der Waals surface area contributed by atoms with Crippen LogP contribution in [0.25, 0.3) is 0 Å². The van der Waals surface area contributed by atoms with E-state index in [1.54, 1.807) is 49.6 Å². The Morgan fingerprint density at radius 1 is 0.933 bits per heavy atom. The van der Waals surface area contributed by atoms with Crippen molar-refractivity contribution in [3.8, 4) is 11.5 Å². The molecular formula is C22H28N4O4. The molecule has 1 heterocycles. The molecule has 0 unspecified atom stereocenters. The lowest BCUT2D eigenvalue weighted by Gasteiger charge is -2.31. The van der Waals surface area contributed by atoms with Crippen molar-refractivity contribution in [2.75, 3.05) is 64.6 Å². The third kappa shape index (κ3) is 5.71. The fraction of sp³-hybridized carbons (Fsp3) is 0.364. The highest BCUT2D eigenvalue weighted by molar-refractivity contribution is 6.02. The van der Waals surface area contributed by atoms with Crippen LogP contribution in [0.3, 0.4) is 0 Å². The molecule has 1 aliphatic heterocycles. The second-order valence-electron chi connectivity index (χ2n) is 7.23. The largest absolute Gasteiger partial charge is 0.497 e. The summed E-state index contributed by atoms with van der Waals surface area (Å²) in [4.78, 5) is 29.3. The minimum Gasteiger partial charge on any atom is -0.497 e. The van der Waals surface area contributed by atoms with Crippen molar-refractivity contribution in [3.05, 3.63) is 48.0 Å². The van der Waals surface area contributed by atoms with E-state index in [0.717, 1.165) is 26.2 Å².